The first-order valence-corrected chi connectivity index (χ1v) is 6.82. The highest BCUT2D eigenvalue weighted by Gasteiger charge is 2.11. The zero-order chi connectivity index (χ0) is 12.8. The standard InChI is InChI=1S/C11H13Cl2NO2S/c1-7(5-10(15)16-2)17-6-8-3-4-9(12)14-11(8)13/h3-4,7H,5-6H2,1-2H3. The van der Waals surface area contributed by atoms with Gasteiger partial charge in [0, 0.05) is 11.0 Å². The van der Waals surface area contributed by atoms with Crippen LogP contribution in [0.1, 0.15) is 18.9 Å². The molecule has 1 aromatic rings. The molecule has 6 heteroatoms. The largest absolute Gasteiger partial charge is 0.469 e. The molecular formula is C11H13Cl2NO2S. The number of methoxy groups -OCH3 is 1. The van der Waals surface area contributed by atoms with Crippen LogP contribution in [0.3, 0.4) is 0 Å². The van der Waals surface area contributed by atoms with Gasteiger partial charge in [0.1, 0.15) is 10.3 Å². The molecule has 0 radical (unpaired) electrons. The van der Waals surface area contributed by atoms with Gasteiger partial charge in [0.25, 0.3) is 0 Å². The van der Waals surface area contributed by atoms with Crippen LogP contribution < -0.4 is 0 Å². The van der Waals surface area contributed by atoms with Crippen LogP contribution in [0, 0.1) is 0 Å². The van der Waals surface area contributed by atoms with E-state index in [1.54, 1.807) is 17.8 Å². The quantitative estimate of drug-likeness (QED) is 0.614. The van der Waals surface area contributed by atoms with Gasteiger partial charge >= 0.3 is 5.97 Å². The van der Waals surface area contributed by atoms with Crippen molar-refractivity contribution in [1.82, 2.24) is 4.98 Å². The zero-order valence-corrected chi connectivity index (χ0v) is 11.9. The molecular weight excluding hydrogens is 281 g/mol. The smallest absolute Gasteiger partial charge is 0.306 e. The van der Waals surface area contributed by atoms with Crippen molar-refractivity contribution in [3.8, 4) is 0 Å². The summed E-state index contributed by atoms with van der Waals surface area (Å²) in [6.45, 7) is 1.97. The molecule has 0 aromatic carbocycles. The van der Waals surface area contributed by atoms with E-state index in [4.69, 9.17) is 23.2 Å². The van der Waals surface area contributed by atoms with E-state index in [0.717, 1.165) is 5.56 Å². The molecule has 1 atom stereocenters. The molecule has 0 aliphatic carbocycles. The van der Waals surface area contributed by atoms with Gasteiger partial charge < -0.3 is 4.74 Å². The second kappa shape index (κ2) is 7.09. The van der Waals surface area contributed by atoms with Crippen molar-refractivity contribution < 1.29 is 9.53 Å². The van der Waals surface area contributed by atoms with Crippen molar-refractivity contribution in [3.63, 3.8) is 0 Å². The van der Waals surface area contributed by atoms with Gasteiger partial charge in [-0.2, -0.15) is 11.8 Å². The van der Waals surface area contributed by atoms with E-state index in [1.807, 2.05) is 13.0 Å². The second-order valence-corrected chi connectivity index (χ2v) is 5.66. The predicted molar refractivity (Wildman–Crippen MR) is 71.6 cm³/mol. The van der Waals surface area contributed by atoms with Crippen LogP contribution in [-0.2, 0) is 15.3 Å². The fourth-order valence-electron chi connectivity index (χ4n) is 1.16. The summed E-state index contributed by atoms with van der Waals surface area (Å²) in [5, 5.41) is 0.968. The van der Waals surface area contributed by atoms with Crippen LogP contribution in [0.4, 0.5) is 0 Å². The average Bonchev–Trinajstić information content (AvgIpc) is 2.27. The van der Waals surface area contributed by atoms with Crippen molar-refractivity contribution in [2.75, 3.05) is 7.11 Å². The normalized spacial score (nSPS) is 12.2. The molecule has 3 nitrogen and oxygen atoms in total. The van der Waals surface area contributed by atoms with Crippen molar-refractivity contribution >= 4 is 40.9 Å². The number of rotatable bonds is 5. The van der Waals surface area contributed by atoms with Gasteiger partial charge in [0.15, 0.2) is 0 Å². The summed E-state index contributed by atoms with van der Waals surface area (Å²) in [4.78, 5) is 15.0. The highest BCUT2D eigenvalue weighted by atomic mass is 35.5. The first-order valence-electron chi connectivity index (χ1n) is 5.02. The third-order valence-corrected chi connectivity index (χ3v) is 3.85. The Balaban J connectivity index is 2.47. The van der Waals surface area contributed by atoms with E-state index in [1.165, 1.54) is 7.11 Å². The molecule has 1 heterocycles. The molecule has 0 saturated heterocycles. The van der Waals surface area contributed by atoms with Gasteiger partial charge in [0.05, 0.1) is 13.5 Å². The minimum Gasteiger partial charge on any atom is -0.469 e. The molecule has 1 rings (SSSR count). The van der Waals surface area contributed by atoms with Gasteiger partial charge in [-0.05, 0) is 11.6 Å². The lowest BCUT2D eigenvalue weighted by molar-refractivity contribution is -0.140. The van der Waals surface area contributed by atoms with Gasteiger partial charge in [-0.3, -0.25) is 4.79 Å². The number of halogens is 2. The number of thioether (sulfide) groups is 1. The molecule has 94 valence electrons. The highest BCUT2D eigenvalue weighted by molar-refractivity contribution is 7.99. The number of ether oxygens (including phenoxy) is 1. The van der Waals surface area contributed by atoms with Crippen LogP contribution in [0.5, 0.6) is 0 Å². The molecule has 0 amide bonds. The Kier molecular flexibility index (Phi) is 6.09. The monoisotopic (exact) mass is 293 g/mol. The Morgan fingerprint density at radius 1 is 1.53 bits per heavy atom. The van der Waals surface area contributed by atoms with Crippen LogP contribution in [0.15, 0.2) is 12.1 Å². The van der Waals surface area contributed by atoms with Gasteiger partial charge in [-0.1, -0.05) is 36.2 Å². The van der Waals surface area contributed by atoms with Crippen molar-refractivity contribution in [2.45, 2.75) is 24.3 Å². The first kappa shape index (κ1) is 14.6. The number of hydrogen-bond donors (Lipinski definition) is 0. The molecule has 1 aromatic heterocycles. The Morgan fingerprint density at radius 2 is 2.24 bits per heavy atom. The number of esters is 1. The molecule has 0 N–H and O–H groups in total. The minimum absolute atomic E-state index is 0.175. The lowest BCUT2D eigenvalue weighted by Crippen LogP contribution is -2.08. The lowest BCUT2D eigenvalue weighted by atomic mass is 10.3. The number of nitrogens with zero attached hydrogens (tertiary/aromatic N) is 1. The molecule has 0 spiro atoms. The molecule has 0 aliphatic rings. The summed E-state index contributed by atoms with van der Waals surface area (Å²) in [6, 6.07) is 3.55. The third-order valence-electron chi connectivity index (χ3n) is 2.10. The average molecular weight is 294 g/mol. The molecule has 0 bridgehead atoms. The van der Waals surface area contributed by atoms with E-state index < -0.39 is 0 Å². The summed E-state index contributed by atoms with van der Waals surface area (Å²) < 4.78 is 4.60. The highest BCUT2D eigenvalue weighted by Crippen LogP contribution is 2.25. The van der Waals surface area contributed by atoms with Crippen molar-refractivity contribution in [2.24, 2.45) is 0 Å². The van der Waals surface area contributed by atoms with Crippen LogP contribution >= 0.6 is 35.0 Å². The maximum Gasteiger partial charge on any atom is 0.306 e. The molecule has 17 heavy (non-hydrogen) atoms. The molecule has 0 fully saturated rings. The fourth-order valence-corrected chi connectivity index (χ4v) is 2.60. The second-order valence-electron chi connectivity index (χ2n) is 3.49. The summed E-state index contributed by atoms with van der Waals surface area (Å²) in [7, 11) is 1.39. The maximum absolute atomic E-state index is 11.1. The Labute approximate surface area is 115 Å². The fraction of sp³-hybridized carbons (Fsp3) is 0.455. The van der Waals surface area contributed by atoms with Crippen LogP contribution in [-0.4, -0.2) is 23.3 Å². The SMILES string of the molecule is COC(=O)CC(C)SCc1ccc(Cl)nc1Cl. The lowest BCUT2D eigenvalue weighted by Gasteiger charge is -2.10. The van der Waals surface area contributed by atoms with E-state index in [2.05, 4.69) is 9.72 Å². The number of carbonyl (C=O) groups is 1. The van der Waals surface area contributed by atoms with Crippen LogP contribution in [0.25, 0.3) is 0 Å². The number of hydrogen-bond acceptors (Lipinski definition) is 4. The minimum atomic E-state index is -0.203. The van der Waals surface area contributed by atoms with Crippen molar-refractivity contribution in [1.29, 1.82) is 0 Å². The first-order chi connectivity index (χ1) is 8.02. The third kappa shape index (κ3) is 5.15. The van der Waals surface area contributed by atoms with Gasteiger partial charge in [0.2, 0.25) is 0 Å². The molecule has 1 unspecified atom stereocenters. The Morgan fingerprint density at radius 3 is 2.82 bits per heavy atom. The number of carbonyl (C=O) groups excluding carboxylic acids is 1. The summed E-state index contributed by atoms with van der Waals surface area (Å²) in [5.74, 6) is 0.492. The number of aromatic nitrogens is 1. The van der Waals surface area contributed by atoms with E-state index >= 15 is 0 Å². The Bertz CT molecular complexity index is 401. The van der Waals surface area contributed by atoms with Gasteiger partial charge in [-0.15, -0.1) is 0 Å². The van der Waals surface area contributed by atoms with E-state index in [9.17, 15) is 4.79 Å². The van der Waals surface area contributed by atoms with Crippen LogP contribution in [0.2, 0.25) is 10.3 Å². The van der Waals surface area contributed by atoms with E-state index in [-0.39, 0.29) is 11.2 Å². The predicted octanol–water partition coefficient (Wildman–Crippen LogP) is 3.57. The van der Waals surface area contributed by atoms with Crippen molar-refractivity contribution in [3.05, 3.63) is 28.0 Å². The van der Waals surface area contributed by atoms with Gasteiger partial charge in [-0.25, -0.2) is 4.98 Å². The maximum atomic E-state index is 11.1. The molecule has 0 aliphatic heterocycles. The summed E-state index contributed by atoms with van der Waals surface area (Å²) >= 11 is 13.3. The number of pyridine rings is 1. The zero-order valence-electron chi connectivity index (χ0n) is 9.57. The summed E-state index contributed by atoms with van der Waals surface area (Å²) in [6.07, 6.45) is 0.389. The Hall–Kier alpha value is -0.450. The summed E-state index contributed by atoms with van der Waals surface area (Å²) in [5.41, 5.74) is 0.915. The topological polar surface area (TPSA) is 39.2 Å². The molecule has 0 saturated carbocycles. The van der Waals surface area contributed by atoms with E-state index in [0.29, 0.717) is 22.5 Å².